The van der Waals surface area contributed by atoms with E-state index < -0.39 is 0 Å². The molecule has 1 aromatic carbocycles. The molecule has 148 valence electrons. The van der Waals surface area contributed by atoms with Crippen molar-refractivity contribution in [3.63, 3.8) is 0 Å². The van der Waals surface area contributed by atoms with Gasteiger partial charge < -0.3 is 9.64 Å². The van der Waals surface area contributed by atoms with Crippen molar-refractivity contribution < 1.29 is 14.3 Å². The molecule has 1 saturated heterocycles. The molecular weight excluding hydrogens is 442 g/mol. The van der Waals surface area contributed by atoms with E-state index in [-0.39, 0.29) is 24.8 Å². The lowest BCUT2D eigenvalue weighted by Gasteiger charge is -2.35. The highest BCUT2D eigenvalue weighted by atomic mass is 79.9. The maximum Gasteiger partial charge on any atom is 0.242 e. The third kappa shape index (κ3) is 4.39. The number of hydrogen-bond donors (Lipinski definition) is 0. The van der Waals surface area contributed by atoms with Crippen LogP contribution in [-0.4, -0.2) is 60.9 Å². The number of fused-ring (bicyclic) bond motifs is 1. The molecule has 2 amide bonds. The zero-order valence-corrected chi connectivity index (χ0v) is 17.9. The SMILES string of the molecule is O=C(CN1C(=O)CCOc2ccccc21)N1CCN(Cc2ccc(Br)s2)CC1. The smallest absolute Gasteiger partial charge is 0.242 e. The van der Waals surface area contributed by atoms with E-state index in [0.717, 1.165) is 23.4 Å². The molecule has 3 heterocycles. The molecule has 0 spiro atoms. The second-order valence-corrected chi connectivity index (χ2v) is 9.46. The fourth-order valence-corrected chi connectivity index (χ4v) is 5.07. The predicted molar refractivity (Wildman–Crippen MR) is 113 cm³/mol. The van der Waals surface area contributed by atoms with Crippen molar-refractivity contribution in [3.05, 3.63) is 45.1 Å². The molecule has 2 aliphatic rings. The first-order valence-corrected chi connectivity index (χ1v) is 11.0. The number of piperazine rings is 1. The summed E-state index contributed by atoms with van der Waals surface area (Å²) < 4.78 is 6.79. The summed E-state index contributed by atoms with van der Waals surface area (Å²) in [6.07, 6.45) is 0.284. The van der Waals surface area contributed by atoms with Crippen molar-refractivity contribution in [2.24, 2.45) is 0 Å². The fraction of sp³-hybridized carbons (Fsp3) is 0.400. The van der Waals surface area contributed by atoms with Crippen LogP contribution < -0.4 is 9.64 Å². The largest absolute Gasteiger partial charge is 0.491 e. The molecule has 2 aromatic rings. The maximum absolute atomic E-state index is 12.9. The zero-order valence-electron chi connectivity index (χ0n) is 15.5. The number of ether oxygens (including phenoxy) is 1. The van der Waals surface area contributed by atoms with E-state index in [1.807, 2.05) is 29.2 Å². The number of rotatable bonds is 4. The van der Waals surface area contributed by atoms with Gasteiger partial charge in [-0.05, 0) is 40.2 Å². The van der Waals surface area contributed by atoms with E-state index in [4.69, 9.17) is 4.74 Å². The Morgan fingerprint density at radius 2 is 1.89 bits per heavy atom. The number of halogens is 1. The first-order chi connectivity index (χ1) is 13.6. The molecular formula is C20H22BrN3O3S. The summed E-state index contributed by atoms with van der Waals surface area (Å²) >= 11 is 5.25. The van der Waals surface area contributed by atoms with Crippen LogP contribution in [0.3, 0.4) is 0 Å². The molecule has 4 rings (SSSR count). The van der Waals surface area contributed by atoms with Crippen LogP contribution in [0, 0.1) is 0 Å². The highest BCUT2D eigenvalue weighted by Crippen LogP contribution is 2.31. The number of benzene rings is 1. The van der Waals surface area contributed by atoms with Crippen LogP contribution in [0.1, 0.15) is 11.3 Å². The van der Waals surface area contributed by atoms with Crippen LogP contribution >= 0.6 is 27.3 Å². The number of para-hydroxylation sites is 2. The molecule has 0 atom stereocenters. The summed E-state index contributed by atoms with van der Waals surface area (Å²) in [4.78, 5) is 32.5. The van der Waals surface area contributed by atoms with Gasteiger partial charge in [0.2, 0.25) is 11.8 Å². The lowest BCUT2D eigenvalue weighted by atomic mass is 10.2. The molecule has 0 aliphatic carbocycles. The Balaban J connectivity index is 1.36. The maximum atomic E-state index is 12.9. The van der Waals surface area contributed by atoms with Crippen molar-refractivity contribution in [3.8, 4) is 5.75 Å². The Morgan fingerprint density at radius 1 is 1.11 bits per heavy atom. The number of thiophene rings is 1. The van der Waals surface area contributed by atoms with Gasteiger partial charge in [0, 0.05) is 37.6 Å². The van der Waals surface area contributed by atoms with Gasteiger partial charge in [0.15, 0.2) is 0 Å². The van der Waals surface area contributed by atoms with Gasteiger partial charge >= 0.3 is 0 Å². The number of nitrogens with zero attached hydrogens (tertiary/aromatic N) is 3. The van der Waals surface area contributed by atoms with Crippen LogP contribution in [-0.2, 0) is 16.1 Å². The van der Waals surface area contributed by atoms with E-state index in [1.165, 1.54) is 4.88 Å². The van der Waals surface area contributed by atoms with Crippen molar-refractivity contribution in [1.29, 1.82) is 0 Å². The topological polar surface area (TPSA) is 53.1 Å². The fourth-order valence-electron chi connectivity index (χ4n) is 3.54. The Labute approximate surface area is 176 Å². The van der Waals surface area contributed by atoms with Crippen molar-refractivity contribution in [1.82, 2.24) is 9.80 Å². The standard InChI is InChI=1S/C20H22BrN3O3S/c21-18-6-5-15(28-18)13-22-8-10-23(11-9-22)20(26)14-24-16-3-1-2-4-17(16)27-12-7-19(24)25/h1-6H,7-14H2. The van der Waals surface area contributed by atoms with E-state index in [1.54, 1.807) is 16.2 Å². The summed E-state index contributed by atoms with van der Waals surface area (Å²) in [7, 11) is 0. The normalized spacial score (nSPS) is 17.8. The first-order valence-electron chi connectivity index (χ1n) is 9.37. The molecule has 1 fully saturated rings. The summed E-state index contributed by atoms with van der Waals surface area (Å²) in [6, 6.07) is 11.6. The molecule has 6 nitrogen and oxygen atoms in total. The highest BCUT2D eigenvalue weighted by molar-refractivity contribution is 9.11. The minimum atomic E-state index is -0.0693. The molecule has 0 bridgehead atoms. The van der Waals surface area contributed by atoms with Gasteiger partial charge in [-0.25, -0.2) is 0 Å². The van der Waals surface area contributed by atoms with E-state index in [9.17, 15) is 9.59 Å². The average Bonchev–Trinajstić information content (AvgIpc) is 3.04. The van der Waals surface area contributed by atoms with Crippen LogP contribution in [0.5, 0.6) is 5.75 Å². The molecule has 0 saturated carbocycles. The van der Waals surface area contributed by atoms with Crippen LogP contribution in [0.25, 0.3) is 0 Å². The molecule has 0 N–H and O–H groups in total. The van der Waals surface area contributed by atoms with Gasteiger partial charge in [0.25, 0.3) is 0 Å². The molecule has 28 heavy (non-hydrogen) atoms. The second-order valence-electron chi connectivity index (χ2n) is 6.91. The highest BCUT2D eigenvalue weighted by Gasteiger charge is 2.28. The van der Waals surface area contributed by atoms with E-state index in [0.29, 0.717) is 31.1 Å². The minimum absolute atomic E-state index is 0.0106. The molecule has 0 radical (unpaired) electrons. The first kappa shape index (κ1) is 19.4. The summed E-state index contributed by atoms with van der Waals surface area (Å²) in [5.41, 5.74) is 0.681. The number of carbonyl (C=O) groups excluding carboxylic acids is 2. The van der Waals surface area contributed by atoms with Crippen LogP contribution in [0.2, 0.25) is 0 Å². The third-order valence-electron chi connectivity index (χ3n) is 5.06. The Kier molecular flexibility index (Phi) is 5.99. The lowest BCUT2D eigenvalue weighted by molar-refractivity contribution is -0.133. The quantitative estimate of drug-likeness (QED) is 0.699. The monoisotopic (exact) mass is 463 g/mol. The summed E-state index contributed by atoms with van der Waals surface area (Å²) in [6.45, 7) is 4.38. The zero-order chi connectivity index (χ0) is 19.5. The summed E-state index contributed by atoms with van der Waals surface area (Å²) in [5, 5.41) is 0. The van der Waals surface area contributed by atoms with Crippen molar-refractivity contribution in [2.45, 2.75) is 13.0 Å². The molecule has 8 heteroatoms. The van der Waals surface area contributed by atoms with Gasteiger partial charge in [0.1, 0.15) is 12.3 Å². The van der Waals surface area contributed by atoms with E-state index in [2.05, 4.69) is 33.0 Å². The van der Waals surface area contributed by atoms with Gasteiger partial charge in [-0.15, -0.1) is 11.3 Å². The average molecular weight is 464 g/mol. The Morgan fingerprint density at radius 3 is 2.64 bits per heavy atom. The number of amides is 2. The second kappa shape index (κ2) is 8.63. The Bertz CT molecular complexity index is 864. The van der Waals surface area contributed by atoms with E-state index >= 15 is 0 Å². The molecule has 0 unspecified atom stereocenters. The van der Waals surface area contributed by atoms with Gasteiger partial charge in [-0.3, -0.25) is 19.4 Å². The van der Waals surface area contributed by atoms with Crippen LogP contribution in [0.15, 0.2) is 40.2 Å². The van der Waals surface area contributed by atoms with Gasteiger partial charge in [-0.2, -0.15) is 0 Å². The number of hydrogen-bond acceptors (Lipinski definition) is 5. The number of carbonyl (C=O) groups is 2. The van der Waals surface area contributed by atoms with Crippen molar-refractivity contribution >= 4 is 44.8 Å². The van der Waals surface area contributed by atoms with Crippen molar-refractivity contribution in [2.75, 3.05) is 44.2 Å². The predicted octanol–water partition coefficient (Wildman–Crippen LogP) is 2.97. The molecule has 2 aliphatic heterocycles. The number of anilines is 1. The lowest BCUT2D eigenvalue weighted by Crippen LogP contribution is -2.51. The van der Waals surface area contributed by atoms with Gasteiger partial charge in [-0.1, -0.05) is 12.1 Å². The third-order valence-corrected chi connectivity index (χ3v) is 6.67. The minimum Gasteiger partial charge on any atom is -0.491 e. The molecule has 1 aromatic heterocycles. The van der Waals surface area contributed by atoms with Gasteiger partial charge in [0.05, 0.1) is 22.5 Å². The summed E-state index contributed by atoms with van der Waals surface area (Å²) in [5.74, 6) is 0.580. The van der Waals surface area contributed by atoms with Crippen LogP contribution in [0.4, 0.5) is 5.69 Å². The Hall–Kier alpha value is -1.90.